The van der Waals surface area contributed by atoms with E-state index in [4.69, 9.17) is 11.6 Å². The van der Waals surface area contributed by atoms with Crippen LogP contribution in [-0.4, -0.2) is 10.5 Å². The fourth-order valence-electron chi connectivity index (χ4n) is 2.75. The van der Waals surface area contributed by atoms with E-state index in [0.29, 0.717) is 28.7 Å². The maximum Gasteiger partial charge on any atom is 0.257 e. The number of hydrogen-bond acceptors (Lipinski definition) is 2. The summed E-state index contributed by atoms with van der Waals surface area (Å²) in [7, 11) is 0. The summed E-state index contributed by atoms with van der Waals surface area (Å²) in [6, 6.07) is 18.0. The minimum absolute atomic E-state index is 0.187. The first-order chi connectivity index (χ1) is 12.9. The lowest BCUT2D eigenvalue weighted by molar-refractivity contribution is 0.102. The maximum atomic E-state index is 12.6. The highest BCUT2D eigenvalue weighted by molar-refractivity contribution is 6.31. The first-order valence-corrected chi connectivity index (χ1v) is 9.17. The lowest BCUT2D eigenvalue weighted by Gasteiger charge is -2.11. The first-order valence-electron chi connectivity index (χ1n) is 8.79. The van der Waals surface area contributed by atoms with Gasteiger partial charge in [0.05, 0.1) is 12.1 Å². The van der Waals surface area contributed by atoms with Gasteiger partial charge in [-0.15, -0.1) is 0 Å². The highest BCUT2D eigenvalue weighted by atomic mass is 35.5. The Bertz CT molecular complexity index is 1010. The van der Waals surface area contributed by atoms with E-state index in [1.54, 1.807) is 12.3 Å². The molecule has 5 heteroatoms. The summed E-state index contributed by atoms with van der Waals surface area (Å²) in [5.74, 6) is 0.170. The highest BCUT2D eigenvalue weighted by Gasteiger charge is 2.10. The van der Waals surface area contributed by atoms with E-state index in [9.17, 15) is 9.59 Å². The molecule has 0 unspecified atom stereocenters. The number of carbonyl (C=O) groups is 1. The molecule has 0 saturated carbocycles. The van der Waals surface area contributed by atoms with Gasteiger partial charge in [-0.25, -0.2) is 0 Å². The number of aromatic nitrogens is 1. The number of hydrogen-bond donors (Lipinski definition) is 1. The first kappa shape index (κ1) is 18.9. The zero-order chi connectivity index (χ0) is 19.4. The second-order valence-corrected chi connectivity index (χ2v) is 7.11. The van der Waals surface area contributed by atoms with E-state index in [0.717, 1.165) is 5.56 Å². The molecule has 4 nitrogen and oxygen atoms in total. The van der Waals surface area contributed by atoms with E-state index >= 15 is 0 Å². The van der Waals surface area contributed by atoms with E-state index < -0.39 is 0 Å². The van der Waals surface area contributed by atoms with Crippen LogP contribution in [0.4, 0.5) is 5.69 Å². The van der Waals surface area contributed by atoms with Crippen LogP contribution in [0, 0.1) is 0 Å². The fraction of sp³-hybridized carbons (Fsp3) is 0.182. The van der Waals surface area contributed by atoms with E-state index in [1.165, 1.54) is 22.3 Å². The molecule has 0 spiro atoms. The fourth-order valence-corrected chi connectivity index (χ4v) is 2.95. The lowest BCUT2D eigenvalue weighted by Crippen LogP contribution is -2.22. The molecule has 0 fully saturated rings. The molecule has 0 aliphatic carbocycles. The van der Waals surface area contributed by atoms with Gasteiger partial charge in [0.2, 0.25) is 0 Å². The summed E-state index contributed by atoms with van der Waals surface area (Å²) in [5.41, 5.74) is 2.97. The summed E-state index contributed by atoms with van der Waals surface area (Å²) < 4.78 is 1.48. The molecule has 27 heavy (non-hydrogen) atoms. The predicted molar refractivity (Wildman–Crippen MR) is 110 cm³/mol. The molecule has 1 heterocycles. The highest BCUT2D eigenvalue weighted by Crippen LogP contribution is 2.18. The summed E-state index contributed by atoms with van der Waals surface area (Å²) in [6.45, 7) is 4.55. The molecule has 0 aliphatic rings. The van der Waals surface area contributed by atoms with Crippen molar-refractivity contribution < 1.29 is 4.79 Å². The number of carbonyl (C=O) groups excluding carboxylic acids is 1. The van der Waals surface area contributed by atoms with Crippen molar-refractivity contribution >= 4 is 23.2 Å². The summed E-state index contributed by atoms with van der Waals surface area (Å²) in [4.78, 5) is 24.7. The molecule has 3 aromatic rings. The Morgan fingerprint density at radius 1 is 1.04 bits per heavy atom. The number of rotatable bonds is 5. The Morgan fingerprint density at radius 3 is 2.41 bits per heavy atom. The van der Waals surface area contributed by atoms with E-state index in [1.807, 2.05) is 42.5 Å². The van der Waals surface area contributed by atoms with Crippen molar-refractivity contribution in [1.82, 2.24) is 4.57 Å². The molecule has 1 amide bonds. The summed E-state index contributed by atoms with van der Waals surface area (Å²) in [5, 5.41) is 3.45. The Hall–Kier alpha value is -2.85. The van der Waals surface area contributed by atoms with Gasteiger partial charge in [0.1, 0.15) is 0 Å². The molecule has 0 bridgehead atoms. The van der Waals surface area contributed by atoms with Crippen LogP contribution in [0.1, 0.15) is 41.3 Å². The lowest BCUT2D eigenvalue weighted by atomic mass is 10.0. The van der Waals surface area contributed by atoms with Gasteiger partial charge < -0.3 is 9.88 Å². The smallest absolute Gasteiger partial charge is 0.257 e. The van der Waals surface area contributed by atoms with Crippen molar-refractivity contribution in [2.75, 3.05) is 5.32 Å². The van der Waals surface area contributed by atoms with Gasteiger partial charge in [0.25, 0.3) is 11.5 Å². The van der Waals surface area contributed by atoms with E-state index in [-0.39, 0.29) is 11.5 Å². The molecule has 0 saturated heterocycles. The van der Waals surface area contributed by atoms with Crippen molar-refractivity contribution in [3.63, 3.8) is 0 Å². The average Bonchev–Trinajstić information content (AvgIpc) is 2.65. The Kier molecular flexibility index (Phi) is 5.77. The molecule has 3 rings (SSSR count). The van der Waals surface area contributed by atoms with Gasteiger partial charge in [-0.2, -0.15) is 0 Å². The van der Waals surface area contributed by atoms with Crippen molar-refractivity contribution in [2.45, 2.75) is 26.3 Å². The topological polar surface area (TPSA) is 51.1 Å². The number of nitrogens with zero attached hydrogens (tertiary/aromatic N) is 1. The number of nitrogens with one attached hydrogen (secondary N) is 1. The second-order valence-electron chi connectivity index (χ2n) is 6.71. The monoisotopic (exact) mass is 380 g/mol. The normalized spacial score (nSPS) is 10.8. The minimum Gasteiger partial charge on any atom is -0.322 e. The molecule has 2 aromatic carbocycles. The predicted octanol–water partition coefficient (Wildman–Crippen LogP) is 4.93. The van der Waals surface area contributed by atoms with Crippen LogP contribution < -0.4 is 10.9 Å². The van der Waals surface area contributed by atoms with Crippen LogP contribution in [0.3, 0.4) is 0 Å². The SMILES string of the molecule is CC(C)c1ccc(NC(=O)c2ccc(=O)n(Cc3ccccc3Cl)c2)cc1. The Balaban J connectivity index is 1.79. The van der Waals surface area contributed by atoms with Gasteiger partial charge in [-0.1, -0.05) is 55.8 Å². The van der Waals surface area contributed by atoms with Crippen LogP contribution in [0.15, 0.2) is 71.7 Å². The van der Waals surface area contributed by atoms with Crippen molar-refractivity contribution in [3.8, 4) is 0 Å². The summed E-state index contributed by atoms with van der Waals surface area (Å²) in [6.07, 6.45) is 1.56. The third kappa shape index (κ3) is 4.66. The van der Waals surface area contributed by atoms with Gasteiger partial charge in [-0.3, -0.25) is 9.59 Å². The Labute approximate surface area is 163 Å². The molecule has 0 atom stereocenters. The average molecular weight is 381 g/mol. The largest absolute Gasteiger partial charge is 0.322 e. The quantitative estimate of drug-likeness (QED) is 0.682. The van der Waals surface area contributed by atoms with Crippen molar-refractivity contribution in [3.05, 3.63) is 98.9 Å². The number of halogens is 1. The molecular weight excluding hydrogens is 360 g/mol. The molecular formula is C22H21ClN2O2. The number of benzene rings is 2. The molecule has 1 N–H and O–H groups in total. The molecule has 138 valence electrons. The number of anilines is 1. The Morgan fingerprint density at radius 2 is 1.74 bits per heavy atom. The van der Waals surface area contributed by atoms with Crippen LogP contribution >= 0.6 is 11.6 Å². The zero-order valence-electron chi connectivity index (χ0n) is 15.3. The van der Waals surface area contributed by atoms with Crippen molar-refractivity contribution in [1.29, 1.82) is 0 Å². The zero-order valence-corrected chi connectivity index (χ0v) is 16.0. The van der Waals surface area contributed by atoms with Gasteiger partial charge in [0, 0.05) is 23.0 Å². The van der Waals surface area contributed by atoms with Gasteiger partial charge in [-0.05, 0) is 41.3 Å². The van der Waals surface area contributed by atoms with Crippen molar-refractivity contribution in [2.24, 2.45) is 0 Å². The van der Waals surface area contributed by atoms with E-state index in [2.05, 4.69) is 19.2 Å². The van der Waals surface area contributed by atoms with Gasteiger partial charge >= 0.3 is 0 Å². The summed E-state index contributed by atoms with van der Waals surface area (Å²) >= 11 is 6.18. The minimum atomic E-state index is -0.264. The van der Waals surface area contributed by atoms with Crippen LogP contribution in [0.5, 0.6) is 0 Å². The van der Waals surface area contributed by atoms with Crippen LogP contribution in [0.25, 0.3) is 0 Å². The third-order valence-electron chi connectivity index (χ3n) is 4.38. The number of pyridine rings is 1. The van der Waals surface area contributed by atoms with Crippen LogP contribution in [-0.2, 0) is 6.54 Å². The molecule has 0 radical (unpaired) electrons. The third-order valence-corrected chi connectivity index (χ3v) is 4.75. The standard InChI is InChI=1S/C22H21ClN2O2/c1-15(2)16-7-10-19(11-8-16)24-22(27)18-9-12-21(26)25(14-18)13-17-5-3-4-6-20(17)23/h3-12,14-15H,13H2,1-2H3,(H,24,27). The maximum absolute atomic E-state index is 12.6. The number of amides is 1. The van der Waals surface area contributed by atoms with Crippen LogP contribution in [0.2, 0.25) is 5.02 Å². The van der Waals surface area contributed by atoms with Gasteiger partial charge in [0.15, 0.2) is 0 Å². The second kappa shape index (κ2) is 8.23. The molecule has 0 aliphatic heterocycles. The molecule has 1 aromatic heterocycles.